The number of anilines is 1. The van der Waals surface area contributed by atoms with Crippen LogP contribution in [-0.2, 0) is 16.0 Å². The van der Waals surface area contributed by atoms with Gasteiger partial charge in [-0.2, -0.15) is 11.3 Å². The van der Waals surface area contributed by atoms with Crippen molar-refractivity contribution in [3.8, 4) is 5.75 Å². The lowest BCUT2D eigenvalue weighted by atomic mass is 9.94. The van der Waals surface area contributed by atoms with Crippen LogP contribution in [0.1, 0.15) is 54.8 Å². The number of nitrogens with zero attached hydrogens (tertiary/aromatic N) is 1. The van der Waals surface area contributed by atoms with Crippen LogP contribution >= 0.6 is 11.3 Å². The smallest absolute Gasteiger partial charge is 0.248 e. The molecule has 184 valence electrons. The summed E-state index contributed by atoms with van der Waals surface area (Å²) >= 11 is 1.52. The van der Waals surface area contributed by atoms with Gasteiger partial charge in [-0.25, -0.2) is 4.39 Å². The van der Waals surface area contributed by atoms with Gasteiger partial charge in [-0.3, -0.25) is 14.5 Å². The van der Waals surface area contributed by atoms with Gasteiger partial charge < -0.3 is 10.1 Å². The van der Waals surface area contributed by atoms with Crippen LogP contribution in [0.15, 0.2) is 59.3 Å². The van der Waals surface area contributed by atoms with Crippen LogP contribution in [0.5, 0.6) is 5.75 Å². The zero-order valence-corrected chi connectivity index (χ0v) is 20.9. The maximum atomic E-state index is 13.9. The number of benzene rings is 2. The Morgan fingerprint density at radius 3 is 2.51 bits per heavy atom. The van der Waals surface area contributed by atoms with Gasteiger partial charge in [-0.15, -0.1) is 0 Å². The van der Waals surface area contributed by atoms with Crippen molar-refractivity contribution in [1.29, 1.82) is 0 Å². The predicted octanol–water partition coefficient (Wildman–Crippen LogP) is 5.97. The van der Waals surface area contributed by atoms with E-state index in [1.165, 1.54) is 34.8 Å². The molecule has 1 aliphatic carbocycles. The number of methoxy groups -OCH3 is 1. The van der Waals surface area contributed by atoms with Crippen molar-refractivity contribution in [3.63, 3.8) is 0 Å². The molecule has 35 heavy (non-hydrogen) atoms. The average Bonchev–Trinajstić information content (AvgIpc) is 3.36. The molecule has 2 amide bonds. The van der Waals surface area contributed by atoms with E-state index >= 15 is 0 Å². The molecule has 1 heterocycles. The van der Waals surface area contributed by atoms with Crippen LogP contribution in [0, 0.1) is 12.7 Å². The topological polar surface area (TPSA) is 58.6 Å². The second-order valence-electron chi connectivity index (χ2n) is 9.05. The van der Waals surface area contributed by atoms with E-state index in [9.17, 15) is 14.0 Å². The number of carbonyl (C=O) groups is 2. The molecule has 0 unspecified atom stereocenters. The molecule has 4 rings (SSSR count). The van der Waals surface area contributed by atoms with Crippen LogP contribution in [0.25, 0.3) is 0 Å². The number of nitrogens with one attached hydrogen (secondary N) is 1. The first-order valence-corrected chi connectivity index (χ1v) is 12.9. The normalized spacial score (nSPS) is 14.8. The summed E-state index contributed by atoms with van der Waals surface area (Å²) in [6, 6.07) is 12.4. The maximum absolute atomic E-state index is 13.9. The minimum Gasteiger partial charge on any atom is -0.495 e. The number of ether oxygens (including phenoxy) is 1. The first-order chi connectivity index (χ1) is 17.0. The van der Waals surface area contributed by atoms with E-state index in [2.05, 4.69) is 5.32 Å². The molecule has 1 N–H and O–H groups in total. The van der Waals surface area contributed by atoms with Gasteiger partial charge in [0.15, 0.2) is 0 Å². The average molecular weight is 495 g/mol. The minimum atomic E-state index is -0.973. The van der Waals surface area contributed by atoms with Gasteiger partial charge in [0.05, 0.1) is 19.2 Å². The lowest BCUT2D eigenvalue weighted by Gasteiger charge is -2.34. The monoisotopic (exact) mass is 494 g/mol. The lowest BCUT2D eigenvalue weighted by molar-refractivity contribution is -0.127. The minimum absolute atomic E-state index is 0.0624. The van der Waals surface area contributed by atoms with E-state index in [1.54, 1.807) is 25.3 Å². The zero-order valence-electron chi connectivity index (χ0n) is 20.1. The molecule has 3 aromatic rings. The number of carbonyl (C=O) groups excluding carboxylic acids is 2. The van der Waals surface area contributed by atoms with Gasteiger partial charge in [0, 0.05) is 6.04 Å². The first-order valence-electron chi connectivity index (χ1n) is 12.0. The molecule has 0 radical (unpaired) electrons. The van der Waals surface area contributed by atoms with E-state index in [1.807, 2.05) is 35.9 Å². The third-order valence-corrected chi connectivity index (χ3v) is 7.17. The van der Waals surface area contributed by atoms with Crippen molar-refractivity contribution in [2.45, 2.75) is 57.5 Å². The largest absolute Gasteiger partial charge is 0.495 e. The third-order valence-electron chi connectivity index (χ3n) is 6.44. The Hall–Kier alpha value is -3.19. The number of amides is 2. The molecule has 1 aromatic heterocycles. The molecule has 5 nitrogen and oxygen atoms in total. The van der Waals surface area contributed by atoms with Crippen molar-refractivity contribution < 1.29 is 18.7 Å². The Morgan fingerprint density at radius 1 is 1.11 bits per heavy atom. The SMILES string of the molecule is COc1ccc(C)cc1N(C(=O)Cc1ccsc1)[C@@H](C(=O)NC1CCCCC1)c1ccc(F)cc1. The van der Waals surface area contributed by atoms with Crippen molar-refractivity contribution in [1.82, 2.24) is 5.32 Å². The molecule has 7 heteroatoms. The molecular formula is C28H31FN2O3S. The number of hydrogen-bond donors (Lipinski definition) is 1. The molecule has 1 fully saturated rings. The Bertz CT molecular complexity index is 1140. The van der Waals surface area contributed by atoms with Crippen LogP contribution in [0.3, 0.4) is 0 Å². The van der Waals surface area contributed by atoms with E-state index < -0.39 is 11.9 Å². The molecule has 2 aromatic carbocycles. The predicted molar refractivity (Wildman–Crippen MR) is 137 cm³/mol. The number of aryl methyl sites for hydroxylation is 1. The highest BCUT2D eigenvalue weighted by Gasteiger charge is 2.35. The van der Waals surface area contributed by atoms with E-state index in [0.717, 1.165) is 36.8 Å². The molecule has 1 atom stereocenters. The van der Waals surface area contributed by atoms with Gasteiger partial charge in [0.2, 0.25) is 11.8 Å². The summed E-state index contributed by atoms with van der Waals surface area (Å²) in [6.07, 6.45) is 5.27. The van der Waals surface area contributed by atoms with Crippen molar-refractivity contribution in [2.75, 3.05) is 12.0 Å². The fourth-order valence-corrected chi connectivity index (χ4v) is 5.32. The summed E-state index contributed by atoms with van der Waals surface area (Å²) in [5.41, 5.74) is 2.87. The van der Waals surface area contributed by atoms with Crippen LogP contribution < -0.4 is 15.0 Å². The number of halogens is 1. The highest BCUT2D eigenvalue weighted by molar-refractivity contribution is 7.08. The molecule has 0 spiro atoms. The summed E-state index contributed by atoms with van der Waals surface area (Å²) in [6.45, 7) is 1.93. The van der Waals surface area contributed by atoms with Gasteiger partial charge in [0.1, 0.15) is 17.6 Å². The standard InChI is InChI=1S/C28H31FN2O3S/c1-19-8-13-25(34-2)24(16-19)31(26(32)17-20-14-15-35-18-20)27(21-9-11-22(29)12-10-21)28(33)30-23-6-4-3-5-7-23/h8-16,18,23,27H,3-7,17H2,1-2H3,(H,30,33)/t27-/m1/s1. The lowest BCUT2D eigenvalue weighted by Crippen LogP contribution is -2.47. The van der Waals surface area contributed by atoms with E-state index in [0.29, 0.717) is 17.0 Å². The van der Waals surface area contributed by atoms with Crippen LogP contribution in [0.2, 0.25) is 0 Å². The quantitative estimate of drug-likeness (QED) is 0.420. The van der Waals surface area contributed by atoms with Crippen molar-refractivity contribution in [2.24, 2.45) is 0 Å². The second kappa shape index (κ2) is 11.5. The Kier molecular flexibility index (Phi) is 8.18. The molecular weight excluding hydrogens is 463 g/mol. The summed E-state index contributed by atoms with van der Waals surface area (Å²) in [4.78, 5) is 29.3. The highest BCUT2D eigenvalue weighted by atomic mass is 32.1. The van der Waals surface area contributed by atoms with Crippen LogP contribution in [-0.4, -0.2) is 25.0 Å². The first kappa shape index (κ1) is 24.9. The van der Waals surface area contributed by atoms with Crippen molar-refractivity contribution >= 4 is 28.8 Å². The molecule has 1 saturated carbocycles. The summed E-state index contributed by atoms with van der Waals surface area (Å²) in [5.74, 6) is -0.414. The summed E-state index contributed by atoms with van der Waals surface area (Å²) in [5, 5.41) is 7.04. The number of thiophene rings is 1. The number of rotatable bonds is 8. The Morgan fingerprint density at radius 2 is 1.86 bits per heavy atom. The summed E-state index contributed by atoms with van der Waals surface area (Å²) < 4.78 is 19.4. The van der Waals surface area contributed by atoms with E-state index in [4.69, 9.17) is 4.74 Å². The summed E-state index contributed by atoms with van der Waals surface area (Å²) in [7, 11) is 1.55. The molecule has 0 aliphatic heterocycles. The maximum Gasteiger partial charge on any atom is 0.248 e. The van der Waals surface area contributed by atoms with E-state index in [-0.39, 0.29) is 24.3 Å². The van der Waals surface area contributed by atoms with Crippen molar-refractivity contribution in [3.05, 3.63) is 81.8 Å². The molecule has 0 saturated heterocycles. The second-order valence-corrected chi connectivity index (χ2v) is 9.83. The van der Waals surface area contributed by atoms with Crippen LogP contribution in [0.4, 0.5) is 10.1 Å². The fourth-order valence-electron chi connectivity index (χ4n) is 4.65. The van der Waals surface area contributed by atoms with Gasteiger partial charge >= 0.3 is 0 Å². The Balaban J connectivity index is 1.80. The zero-order chi connectivity index (χ0) is 24.8. The van der Waals surface area contributed by atoms with Gasteiger partial charge in [-0.05, 0) is 77.5 Å². The highest BCUT2D eigenvalue weighted by Crippen LogP contribution is 2.37. The molecule has 1 aliphatic rings. The number of hydrogen-bond acceptors (Lipinski definition) is 4. The fraction of sp³-hybridized carbons (Fsp3) is 0.357. The van der Waals surface area contributed by atoms with Gasteiger partial charge in [0.25, 0.3) is 0 Å². The third kappa shape index (κ3) is 6.09. The Labute approximate surface area is 209 Å². The molecule has 0 bridgehead atoms. The van der Waals surface area contributed by atoms with Gasteiger partial charge in [-0.1, -0.05) is 37.5 Å².